The van der Waals surface area contributed by atoms with Gasteiger partial charge in [0.1, 0.15) is 0 Å². The van der Waals surface area contributed by atoms with E-state index in [0.717, 1.165) is 38.2 Å². The highest BCUT2D eigenvalue weighted by Crippen LogP contribution is 2.35. The third-order valence-corrected chi connectivity index (χ3v) is 4.83. The standard InChI is InChI=1S/C16H18N2OS.H3O4P/c1-2-18-7-5-12(6-8-18)15-10-20-16-9-13(17-11-19)3-4-14(15)16;1-5(2,3)4/h3-5,9-11H,2,6-8H2,1H3,(H,17,19);(H3,1,2,3,4). The first-order valence-electron chi connectivity index (χ1n) is 7.73. The highest BCUT2D eigenvalue weighted by Gasteiger charge is 2.14. The van der Waals surface area contributed by atoms with Gasteiger partial charge in [0, 0.05) is 28.9 Å². The number of fused-ring (bicyclic) bond motifs is 1. The maximum atomic E-state index is 10.5. The minimum Gasteiger partial charge on any atom is -0.329 e. The second kappa shape index (κ2) is 8.71. The van der Waals surface area contributed by atoms with E-state index in [1.165, 1.54) is 21.2 Å². The van der Waals surface area contributed by atoms with Crippen LogP contribution in [0.5, 0.6) is 0 Å². The fourth-order valence-corrected chi connectivity index (χ4v) is 3.70. The fraction of sp³-hybridized carbons (Fsp3) is 0.312. The third-order valence-electron chi connectivity index (χ3n) is 3.89. The van der Waals surface area contributed by atoms with Crippen LogP contribution in [0.15, 0.2) is 29.7 Å². The SMILES string of the molecule is CCN1CC=C(c2csc3cc(NC=O)ccc23)CC1.O=P(O)(O)O. The summed E-state index contributed by atoms with van der Waals surface area (Å²) in [6.45, 7) is 5.52. The lowest BCUT2D eigenvalue weighted by Crippen LogP contribution is -2.27. The summed E-state index contributed by atoms with van der Waals surface area (Å²) >= 11 is 1.74. The highest BCUT2D eigenvalue weighted by atomic mass is 32.1. The molecule has 2 aromatic rings. The summed E-state index contributed by atoms with van der Waals surface area (Å²) in [5.41, 5.74) is 3.67. The summed E-state index contributed by atoms with van der Waals surface area (Å²) in [5, 5.41) is 6.24. The smallest absolute Gasteiger partial charge is 0.329 e. The molecule has 25 heavy (non-hydrogen) atoms. The Balaban J connectivity index is 0.000000399. The number of likely N-dealkylation sites (N-methyl/N-ethyl adjacent to an activating group) is 1. The topological polar surface area (TPSA) is 110 Å². The van der Waals surface area contributed by atoms with E-state index in [4.69, 9.17) is 19.2 Å². The number of amides is 1. The number of hydrogen-bond acceptors (Lipinski definition) is 4. The normalized spacial score (nSPS) is 15.3. The number of anilines is 1. The van der Waals surface area contributed by atoms with Gasteiger partial charge in [0.15, 0.2) is 0 Å². The van der Waals surface area contributed by atoms with Gasteiger partial charge in [-0.3, -0.25) is 9.69 Å². The number of phosphoric acid groups is 1. The Kier molecular flexibility index (Phi) is 6.89. The Bertz CT molecular complexity index is 806. The number of nitrogens with zero attached hydrogens (tertiary/aromatic N) is 1. The number of hydrogen-bond donors (Lipinski definition) is 4. The molecular weight excluding hydrogens is 363 g/mol. The minimum atomic E-state index is -4.64. The zero-order valence-corrected chi connectivity index (χ0v) is 15.5. The van der Waals surface area contributed by atoms with Crippen molar-refractivity contribution in [2.45, 2.75) is 13.3 Å². The first-order valence-corrected chi connectivity index (χ1v) is 10.2. The van der Waals surface area contributed by atoms with Gasteiger partial charge in [-0.2, -0.15) is 0 Å². The van der Waals surface area contributed by atoms with Crippen molar-refractivity contribution in [3.63, 3.8) is 0 Å². The minimum absolute atomic E-state index is 0.721. The molecule has 0 atom stereocenters. The van der Waals surface area contributed by atoms with Gasteiger partial charge in [-0.1, -0.05) is 19.1 Å². The Labute approximate surface area is 149 Å². The third kappa shape index (κ3) is 6.04. The molecule has 0 aliphatic carbocycles. The molecule has 1 aliphatic heterocycles. The second-order valence-corrected chi connectivity index (χ2v) is 7.45. The maximum Gasteiger partial charge on any atom is 0.466 e. The Hall–Kier alpha value is -1.54. The van der Waals surface area contributed by atoms with Crippen LogP contribution in [0.4, 0.5) is 5.69 Å². The molecule has 0 radical (unpaired) electrons. The lowest BCUT2D eigenvalue weighted by atomic mass is 9.99. The zero-order valence-electron chi connectivity index (χ0n) is 13.8. The molecule has 136 valence electrons. The van der Waals surface area contributed by atoms with Crippen LogP contribution in [0.3, 0.4) is 0 Å². The van der Waals surface area contributed by atoms with E-state index >= 15 is 0 Å². The average molecular weight is 384 g/mol. The summed E-state index contributed by atoms with van der Waals surface area (Å²) in [7, 11) is -4.64. The molecule has 1 amide bonds. The number of benzene rings is 1. The Morgan fingerprint density at radius 3 is 2.64 bits per heavy atom. The van der Waals surface area contributed by atoms with E-state index in [1.807, 2.05) is 12.1 Å². The van der Waals surface area contributed by atoms with Crippen molar-refractivity contribution >= 4 is 46.9 Å². The number of rotatable bonds is 4. The van der Waals surface area contributed by atoms with E-state index in [2.05, 4.69) is 34.7 Å². The number of nitrogens with one attached hydrogen (secondary N) is 1. The van der Waals surface area contributed by atoms with Crippen LogP contribution in [0, 0.1) is 0 Å². The fourth-order valence-electron chi connectivity index (χ4n) is 2.68. The van der Waals surface area contributed by atoms with E-state index in [0.29, 0.717) is 0 Å². The maximum absolute atomic E-state index is 10.5. The highest BCUT2D eigenvalue weighted by molar-refractivity contribution is 7.45. The van der Waals surface area contributed by atoms with Gasteiger partial charge in [-0.15, -0.1) is 11.3 Å². The monoisotopic (exact) mass is 384 g/mol. The van der Waals surface area contributed by atoms with Gasteiger partial charge in [0.25, 0.3) is 0 Å². The Morgan fingerprint density at radius 2 is 2.08 bits per heavy atom. The van der Waals surface area contributed by atoms with Crippen LogP contribution in [-0.4, -0.2) is 45.6 Å². The first kappa shape index (κ1) is 19.8. The van der Waals surface area contributed by atoms with Crippen LogP contribution in [-0.2, 0) is 9.36 Å². The van der Waals surface area contributed by atoms with Crippen molar-refractivity contribution < 1.29 is 24.0 Å². The predicted molar refractivity (Wildman–Crippen MR) is 100 cm³/mol. The van der Waals surface area contributed by atoms with Gasteiger partial charge in [0.05, 0.1) is 0 Å². The number of carbonyl (C=O) groups is 1. The van der Waals surface area contributed by atoms with Crippen molar-refractivity contribution in [3.05, 3.63) is 35.2 Å². The molecule has 4 N–H and O–H groups in total. The average Bonchev–Trinajstić information content (AvgIpc) is 2.97. The lowest BCUT2D eigenvalue weighted by Gasteiger charge is -2.24. The van der Waals surface area contributed by atoms with E-state index in [1.54, 1.807) is 11.3 Å². The number of carbonyl (C=O) groups excluding carboxylic acids is 1. The van der Waals surface area contributed by atoms with Gasteiger partial charge >= 0.3 is 7.82 Å². The van der Waals surface area contributed by atoms with Crippen LogP contribution >= 0.6 is 19.2 Å². The van der Waals surface area contributed by atoms with E-state index < -0.39 is 7.82 Å². The molecule has 0 unspecified atom stereocenters. The lowest BCUT2D eigenvalue weighted by molar-refractivity contribution is -0.105. The van der Waals surface area contributed by atoms with Crippen molar-refractivity contribution in [2.75, 3.05) is 25.0 Å². The quantitative estimate of drug-likeness (QED) is 0.477. The molecule has 1 aromatic heterocycles. The summed E-state index contributed by atoms with van der Waals surface area (Å²) in [6.07, 6.45) is 4.19. The molecule has 0 saturated carbocycles. The molecule has 3 rings (SSSR count). The van der Waals surface area contributed by atoms with E-state index in [-0.39, 0.29) is 0 Å². The van der Waals surface area contributed by atoms with E-state index in [9.17, 15) is 4.79 Å². The van der Waals surface area contributed by atoms with Crippen molar-refractivity contribution in [1.82, 2.24) is 4.90 Å². The molecule has 0 spiro atoms. The molecular formula is C16H21N2O5PS. The summed E-state index contributed by atoms with van der Waals surface area (Å²) in [4.78, 5) is 34.5. The van der Waals surface area contributed by atoms with Gasteiger partial charge in [-0.05, 0) is 41.6 Å². The Morgan fingerprint density at radius 1 is 1.36 bits per heavy atom. The largest absolute Gasteiger partial charge is 0.466 e. The van der Waals surface area contributed by atoms with Crippen LogP contribution in [0.25, 0.3) is 15.7 Å². The van der Waals surface area contributed by atoms with Gasteiger partial charge in [0.2, 0.25) is 6.41 Å². The van der Waals surface area contributed by atoms with Crippen LogP contribution in [0.1, 0.15) is 18.9 Å². The van der Waals surface area contributed by atoms with Crippen molar-refractivity contribution in [2.24, 2.45) is 0 Å². The molecule has 1 aliphatic rings. The predicted octanol–water partition coefficient (Wildman–Crippen LogP) is 2.65. The molecule has 2 heterocycles. The van der Waals surface area contributed by atoms with Crippen LogP contribution in [0.2, 0.25) is 0 Å². The first-order chi connectivity index (χ1) is 11.8. The van der Waals surface area contributed by atoms with Crippen LogP contribution < -0.4 is 5.32 Å². The zero-order chi connectivity index (χ0) is 18.4. The summed E-state index contributed by atoms with van der Waals surface area (Å²) < 4.78 is 10.1. The molecule has 0 fully saturated rings. The molecule has 1 aromatic carbocycles. The van der Waals surface area contributed by atoms with Gasteiger partial charge in [-0.25, -0.2) is 4.57 Å². The van der Waals surface area contributed by atoms with Gasteiger partial charge < -0.3 is 20.0 Å². The summed E-state index contributed by atoms with van der Waals surface area (Å²) in [6, 6.07) is 6.12. The summed E-state index contributed by atoms with van der Waals surface area (Å²) in [5.74, 6) is 0. The molecule has 0 saturated heterocycles. The van der Waals surface area contributed by atoms with Crippen molar-refractivity contribution in [1.29, 1.82) is 0 Å². The molecule has 7 nitrogen and oxygen atoms in total. The molecule has 0 bridgehead atoms. The number of thiophene rings is 1. The second-order valence-electron chi connectivity index (χ2n) is 5.51. The van der Waals surface area contributed by atoms with Crippen molar-refractivity contribution in [3.8, 4) is 0 Å². The molecule has 9 heteroatoms.